The lowest BCUT2D eigenvalue weighted by molar-refractivity contribution is 0.0322. The summed E-state index contributed by atoms with van der Waals surface area (Å²) in [5.74, 6) is 2.44. The van der Waals surface area contributed by atoms with Gasteiger partial charge in [0.15, 0.2) is 0 Å². The van der Waals surface area contributed by atoms with E-state index in [0.717, 1.165) is 78.9 Å². The van der Waals surface area contributed by atoms with E-state index in [1.54, 1.807) is 0 Å². The van der Waals surface area contributed by atoms with Crippen molar-refractivity contribution in [1.82, 2.24) is 14.9 Å². The fourth-order valence-electron chi connectivity index (χ4n) is 3.43. The molecule has 6 nitrogen and oxygen atoms in total. The lowest BCUT2D eigenvalue weighted by atomic mass is 10.2. The molecule has 0 spiro atoms. The Labute approximate surface area is 164 Å². The molecule has 0 atom stereocenters. The molecule has 1 aliphatic carbocycles. The topological polar surface area (TPSA) is 56.7 Å². The normalized spacial score (nSPS) is 17.9. The molecule has 1 aromatic heterocycles. The molecule has 2 fully saturated rings. The summed E-state index contributed by atoms with van der Waals surface area (Å²) in [7, 11) is 0. The second-order valence-electron chi connectivity index (χ2n) is 7.58. The van der Waals surface area contributed by atoms with Crippen LogP contribution in [0.25, 0.3) is 22.1 Å². The molecule has 28 heavy (non-hydrogen) atoms. The second kappa shape index (κ2) is 7.89. The highest BCUT2D eigenvalue weighted by molar-refractivity contribution is 5.87. The van der Waals surface area contributed by atoms with Crippen LogP contribution < -0.4 is 9.47 Å². The zero-order valence-corrected chi connectivity index (χ0v) is 16.0. The largest absolute Gasteiger partial charge is 0.493 e. The van der Waals surface area contributed by atoms with Crippen molar-refractivity contribution in [3.8, 4) is 11.5 Å². The minimum atomic E-state index is 0.661. The van der Waals surface area contributed by atoms with Gasteiger partial charge in [0.1, 0.15) is 18.1 Å². The average molecular weight is 379 g/mol. The smallest absolute Gasteiger partial charge is 0.121 e. The molecular formula is C22H25N3O3. The van der Waals surface area contributed by atoms with E-state index in [2.05, 4.69) is 4.90 Å². The lowest BCUT2D eigenvalue weighted by Crippen LogP contribution is -2.38. The molecule has 2 aliphatic rings. The molecule has 6 heteroatoms. The monoisotopic (exact) mass is 379 g/mol. The number of fused-ring (bicyclic) bond motifs is 2. The molecule has 0 radical (unpaired) electrons. The summed E-state index contributed by atoms with van der Waals surface area (Å²) in [6, 6.07) is 11.9. The summed E-state index contributed by atoms with van der Waals surface area (Å²) < 4.78 is 17.2. The fraction of sp³-hybridized carbons (Fsp3) is 0.455. The highest BCUT2D eigenvalue weighted by Gasteiger charge is 2.22. The first-order chi connectivity index (χ1) is 13.8. The molecule has 0 amide bonds. The summed E-state index contributed by atoms with van der Waals surface area (Å²) in [4.78, 5) is 11.9. The van der Waals surface area contributed by atoms with E-state index < -0.39 is 0 Å². The van der Waals surface area contributed by atoms with Crippen LogP contribution in [0.15, 0.2) is 36.4 Å². The molecule has 2 heterocycles. The Kier molecular flexibility index (Phi) is 4.97. The third-order valence-corrected chi connectivity index (χ3v) is 5.34. The Morgan fingerprint density at radius 2 is 1.50 bits per heavy atom. The van der Waals surface area contributed by atoms with Gasteiger partial charge in [-0.1, -0.05) is 0 Å². The maximum atomic E-state index is 5.94. The van der Waals surface area contributed by atoms with Gasteiger partial charge in [-0.25, -0.2) is 9.97 Å². The first-order valence-electron chi connectivity index (χ1n) is 10.1. The minimum absolute atomic E-state index is 0.661. The van der Waals surface area contributed by atoms with Crippen LogP contribution in [0.1, 0.15) is 12.8 Å². The van der Waals surface area contributed by atoms with Crippen molar-refractivity contribution >= 4 is 22.1 Å². The predicted molar refractivity (Wildman–Crippen MR) is 108 cm³/mol. The number of aromatic nitrogens is 2. The third-order valence-electron chi connectivity index (χ3n) is 5.34. The van der Waals surface area contributed by atoms with Crippen molar-refractivity contribution in [1.29, 1.82) is 0 Å². The van der Waals surface area contributed by atoms with Gasteiger partial charge >= 0.3 is 0 Å². The third kappa shape index (κ3) is 4.18. The first-order valence-corrected chi connectivity index (χ1v) is 10.1. The van der Waals surface area contributed by atoms with Gasteiger partial charge in [-0.3, -0.25) is 4.90 Å². The minimum Gasteiger partial charge on any atom is -0.493 e. The molecule has 1 saturated heterocycles. The molecule has 0 bridgehead atoms. The average Bonchev–Trinajstić information content (AvgIpc) is 3.56. The summed E-state index contributed by atoms with van der Waals surface area (Å²) in [6.45, 7) is 5.95. The Morgan fingerprint density at radius 1 is 0.857 bits per heavy atom. The predicted octanol–water partition coefficient (Wildman–Crippen LogP) is 3.28. The van der Waals surface area contributed by atoms with Crippen molar-refractivity contribution in [2.45, 2.75) is 12.8 Å². The molecular weight excluding hydrogens is 354 g/mol. The summed E-state index contributed by atoms with van der Waals surface area (Å²) in [6.07, 6.45) is 2.57. The molecule has 146 valence electrons. The second-order valence-corrected chi connectivity index (χ2v) is 7.58. The van der Waals surface area contributed by atoms with Crippen molar-refractivity contribution in [3.63, 3.8) is 0 Å². The highest BCUT2D eigenvalue weighted by Crippen LogP contribution is 2.30. The van der Waals surface area contributed by atoms with Gasteiger partial charge < -0.3 is 14.2 Å². The zero-order valence-electron chi connectivity index (χ0n) is 16.0. The SMILES string of the molecule is c1cc2nc3cc(OCC4CC4)ccc3nc2cc1OCCN1CCOCC1. The van der Waals surface area contributed by atoms with Crippen molar-refractivity contribution in [2.24, 2.45) is 5.92 Å². The Morgan fingerprint density at radius 3 is 2.14 bits per heavy atom. The van der Waals surface area contributed by atoms with Crippen LogP contribution in [0.5, 0.6) is 11.5 Å². The van der Waals surface area contributed by atoms with Crippen molar-refractivity contribution in [2.75, 3.05) is 46.1 Å². The number of hydrogen-bond acceptors (Lipinski definition) is 6. The molecule has 0 unspecified atom stereocenters. The van der Waals surface area contributed by atoms with Crippen molar-refractivity contribution < 1.29 is 14.2 Å². The summed E-state index contributed by atoms with van der Waals surface area (Å²) >= 11 is 0. The van der Waals surface area contributed by atoms with E-state index in [1.165, 1.54) is 12.8 Å². The van der Waals surface area contributed by atoms with Gasteiger partial charge in [-0.05, 0) is 43.0 Å². The first kappa shape index (κ1) is 17.6. The molecule has 2 aromatic carbocycles. The summed E-state index contributed by atoms with van der Waals surface area (Å²) in [5.41, 5.74) is 3.45. The van der Waals surface area contributed by atoms with E-state index >= 15 is 0 Å². The Bertz CT molecular complexity index is 968. The highest BCUT2D eigenvalue weighted by atomic mass is 16.5. The van der Waals surface area contributed by atoms with Gasteiger partial charge in [0.2, 0.25) is 0 Å². The van der Waals surface area contributed by atoms with Crippen molar-refractivity contribution in [3.05, 3.63) is 36.4 Å². The van der Waals surface area contributed by atoms with Gasteiger partial charge in [-0.15, -0.1) is 0 Å². The van der Waals surface area contributed by atoms with Crippen LogP contribution in [-0.4, -0.2) is 60.9 Å². The fourth-order valence-corrected chi connectivity index (χ4v) is 3.43. The number of hydrogen-bond donors (Lipinski definition) is 0. The van der Waals surface area contributed by atoms with E-state index in [-0.39, 0.29) is 0 Å². The number of morpholine rings is 1. The molecule has 1 aliphatic heterocycles. The molecule has 5 rings (SSSR count). The van der Waals surface area contributed by atoms with Crippen LogP contribution in [0, 0.1) is 5.92 Å². The van der Waals surface area contributed by atoms with Gasteiger partial charge in [-0.2, -0.15) is 0 Å². The van der Waals surface area contributed by atoms with Gasteiger partial charge in [0, 0.05) is 31.8 Å². The quantitative estimate of drug-likeness (QED) is 0.587. The Balaban J connectivity index is 1.28. The summed E-state index contributed by atoms with van der Waals surface area (Å²) in [5, 5.41) is 0. The maximum Gasteiger partial charge on any atom is 0.121 e. The van der Waals surface area contributed by atoms with E-state index in [9.17, 15) is 0 Å². The van der Waals surface area contributed by atoms with Crippen LogP contribution >= 0.6 is 0 Å². The van der Waals surface area contributed by atoms with Crippen LogP contribution in [-0.2, 0) is 4.74 Å². The molecule has 3 aromatic rings. The Hall–Kier alpha value is -2.44. The standard InChI is InChI=1S/C22H25N3O3/c1-2-16(1)15-28-18-4-6-20-22(14-18)24-19-5-3-17(13-21(19)23-20)27-12-9-25-7-10-26-11-8-25/h3-6,13-14,16H,1-2,7-12,15H2. The number of benzene rings is 2. The number of ether oxygens (including phenoxy) is 3. The lowest BCUT2D eigenvalue weighted by Gasteiger charge is -2.26. The number of rotatable bonds is 7. The van der Waals surface area contributed by atoms with Crippen LogP contribution in [0.3, 0.4) is 0 Å². The molecule has 1 saturated carbocycles. The maximum absolute atomic E-state index is 5.94. The number of nitrogens with zero attached hydrogens (tertiary/aromatic N) is 3. The van der Waals surface area contributed by atoms with Gasteiger partial charge in [0.25, 0.3) is 0 Å². The van der Waals surface area contributed by atoms with Crippen LogP contribution in [0.2, 0.25) is 0 Å². The van der Waals surface area contributed by atoms with E-state index in [0.29, 0.717) is 6.61 Å². The van der Waals surface area contributed by atoms with E-state index in [1.807, 2.05) is 36.4 Å². The van der Waals surface area contributed by atoms with Crippen LogP contribution in [0.4, 0.5) is 0 Å². The van der Waals surface area contributed by atoms with Gasteiger partial charge in [0.05, 0.1) is 41.9 Å². The molecule has 0 N–H and O–H groups in total. The zero-order chi connectivity index (χ0) is 18.8. The van der Waals surface area contributed by atoms with E-state index in [4.69, 9.17) is 24.2 Å².